The van der Waals surface area contributed by atoms with Gasteiger partial charge in [-0.3, -0.25) is 0 Å². The second kappa shape index (κ2) is 8.76. The number of nitrogens with one attached hydrogen (secondary N) is 1. The van der Waals surface area contributed by atoms with Crippen molar-refractivity contribution < 1.29 is 4.74 Å². The van der Waals surface area contributed by atoms with Crippen LogP contribution in [-0.4, -0.2) is 25.3 Å². The van der Waals surface area contributed by atoms with E-state index in [1.54, 1.807) is 7.11 Å². The van der Waals surface area contributed by atoms with E-state index in [1.807, 2.05) is 0 Å². The third kappa shape index (κ3) is 7.74. The molecule has 19 heavy (non-hydrogen) atoms. The molecular weight excluding hydrogens is 234 g/mol. The minimum Gasteiger partial charge on any atom is -0.379 e. The molecular formula is C17H32NO. The fraction of sp³-hybridized carbons (Fsp3) is 0.882. The molecule has 2 nitrogen and oxygen atoms in total. The van der Waals surface area contributed by atoms with Crippen molar-refractivity contribution in [1.82, 2.24) is 5.32 Å². The van der Waals surface area contributed by atoms with Crippen LogP contribution in [0.4, 0.5) is 0 Å². The quantitative estimate of drug-likeness (QED) is 0.709. The predicted molar refractivity (Wildman–Crippen MR) is 82.2 cm³/mol. The first kappa shape index (κ1) is 16.7. The Morgan fingerprint density at radius 3 is 2.58 bits per heavy atom. The highest BCUT2D eigenvalue weighted by atomic mass is 16.5. The summed E-state index contributed by atoms with van der Waals surface area (Å²) in [6.07, 6.45) is 13.8. The zero-order chi connectivity index (χ0) is 14.1. The standard InChI is InChI=1S/C17H32NO/c1-15(9-8-13-17(2,3)19-4)12-14-18-16-10-6-5-7-11-16/h16,18H,5-11,13-14H2,1-4H3. The van der Waals surface area contributed by atoms with Gasteiger partial charge in [-0.25, -0.2) is 0 Å². The molecule has 1 rings (SSSR count). The van der Waals surface area contributed by atoms with Gasteiger partial charge in [0.1, 0.15) is 0 Å². The normalized spacial score (nSPS) is 18.8. The summed E-state index contributed by atoms with van der Waals surface area (Å²) in [5.41, 5.74) is 1.40. The van der Waals surface area contributed by atoms with Crippen molar-refractivity contribution >= 4 is 0 Å². The highest BCUT2D eigenvalue weighted by molar-refractivity contribution is 4.94. The van der Waals surface area contributed by atoms with Gasteiger partial charge in [-0.05, 0) is 59.0 Å². The van der Waals surface area contributed by atoms with Crippen LogP contribution < -0.4 is 5.32 Å². The monoisotopic (exact) mass is 266 g/mol. The minimum atomic E-state index is 0.0145. The first-order chi connectivity index (χ1) is 9.03. The van der Waals surface area contributed by atoms with Crippen molar-refractivity contribution in [3.63, 3.8) is 0 Å². The molecule has 1 fully saturated rings. The summed E-state index contributed by atoms with van der Waals surface area (Å²) in [5, 5.41) is 3.61. The molecule has 0 aromatic rings. The van der Waals surface area contributed by atoms with Gasteiger partial charge in [0, 0.05) is 19.7 Å². The topological polar surface area (TPSA) is 21.3 Å². The zero-order valence-electron chi connectivity index (χ0n) is 13.3. The lowest BCUT2D eigenvalue weighted by atomic mass is 9.95. The zero-order valence-corrected chi connectivity index (χ0v) is 13.3. The van der Waals surface area contributed by atoms with E-state index >= 15 is 0 Å². The van der Waals surface area contributed by atoms with Gasteiger partial charge in [0.25, 0.3) is 0 Å². The van der Waals surface area contributed by atoms with Crippen molar-refractivity contribution in [2.24, 2.45) is 0 Å². The van der Waals surface area contributed by atoms with Crippen LogP contribution in [0, 0.1) is 6.08 Å². The van der Waals surface area contributed by atoms with E-state index < -0.39 is 0 Å². The number of hydrogen-bond donors (Lipinski definition) is 1. The molecule has 1 aliphatic carbocycles. The number of hydrogen-bond acceptors (Lipinski definition) is 2. The summed E-state index contributed by atoms with van der Waals surface area (Å²) in [5.74, 6) is 0. The third-order valence-corrected chi connectivity index (χ3v) is 4.27. The summed E-state index contributed by atoms with van der Waals surface area (Å²) < 4.78 is 5.44. The molecule has 0 unspecified atom stereocenters. The lowest BCUT2D eigenvalue weighted by Gasteiger charge is -2.23. The highest BCUT2D eigenvalue weighted by Crippen LogP contribution is 2.19. The van der Waals surface area contributed by atoms with Gasteiger partial charge in [-0.15, -0.1) is 0 Å². The Balaban J connectivity index is 2.11. The van der Waals surface area contributed by atoms with Gasteiger partial charge in [-0.1, -0.05) is 24.8 Å². The molecule has 1 aliphatic rings. The summed E-state index contributed by atoms with van der Waals surface area (Å²) in [7, 11) is 1.79. The molecule has 0 aromatic heterocycles. The lowest BCUT2D eigenvalue weighted by Crippen LogP contribution is -2.31. The number of ether oxygens (including phenoxy) is 1. The summed E-state index contributed by atoms with van der Waals surface area (Å²) in [6.45, 7) is 7.42. The molecule has 1 N–H and O–H groups in total. The second-order valence-electron chi connectivity index (χ2n) is 6.49. The number of methoxy groups -OCH3 is 1. The molecule has 1 radical (unpaired) electrons. The summed E-state index contributed by atoms with van der Waals surface area (Å²) in [6, 6.07) is 0.737. The van der Waals surface area contributed by atoms with Crippen molar-refractivity contribution in [2.45, 2.75) is 83.8 Å². The Morgan fingerprint density at radius 2 is 1.95 bits per heavy atom. The Hall–Kier alpha value is -0.340. The van der Waals surface area contributed by atoms with Crippen molar-refractivity contribution in [3.8, 4) is 0 Å². The van der Waals surface area contributed by atoms with Gasteiger partial charge in [0.15, 0.2) is 0 Å². The average Bonchev–Trinajstić information content (AvgIpc) is 2.40. The van der Waals surface area contributed by atoms with Crippen LogP contribution in [0.5, 0.6) is 0 Å². The van der Waals surface area contributed by atoms with E-state index in [-0.39, 0.29) is 5.60 Å². The van der Waals surface area contributed by atoms with Crippen molar-refractivity contribution in [2.75, 3.05) is 13.7 Å². The first-order valence-corrected chi connectivity index (χ1v) is 7.88. The minimum absolute atomic E-state index is 0.0145. The largest absolute Gasteiger partial charge is 0.379 e. The maximum absolute atomic E-state index is 5.44. The molecule has 0 aromatic carbocycles. The van der Waals surface area contributed by atoms with E-state index in [0.29, 0.717) is 0 Å². The van der Waals surface area contributed by atoms with Crippen LogP contribution in [0.3, 0.4) is 0 Å². The molecule has 0 heterocycles. The number of rotatable bonds is 8. The average molecular weight is 266 g/mol. The smallest absolute Gasteiger partial charge is 0.0622 e. The van der Waals surface area contributed by atoms with E-state index in [4.69, 9.17) is 4.74 Å². The third-order valence-electron chi connectivity index (χ3n) is 4.27. The highest BCUT2D eigenvalue weighted by Gasteiger charge is 2.15. The van der Waals surface area contributed by atoms with E-state index in [9.17, 15) is 0 Å². The van der Waals surface area contributed by atoms with Crippen LogP contribution in [0.2, 0.25) is 0 Å². The molecule has 0 aliphatic heterocycles. The molecule has 0 bridgehead atoms. The molecule has 2 heteroatoms. The fourth-order valence-electron chi connectivity index (χ4n) is 2.62. The SMILES string of the molecule is COC(C)(C)CCC/C(C)=[C]/CNC1CCCCC1. The van der Waals surface area contributed by atoms with Crippen LogP contribution in [0.25, 0.3) is 0 Å². The van der Waals surface area contributed by atoms with E-state index in [0.717, 1.165) is 25.4 Å². The molecule has 0 atom stereocenters. The van der Waals surface area contributed by atoms with E-state index in [1.165, 1.54) is 44.1 Å². The maximum Gasteiger partial charge on any atom is 0.0622 e. The molecule has 0 saturated heterocycles. The summed E-state index contributed by atoms with van der Waals surface area (Å²) in [4.78, 5) is 0. The predicted octanol–water partition coefficient (Wildman–Crippen LogP) is 4.25. The lowest BCUT2D eigenvalue weighted by molar-refractivity contribution is 0.0140. The Kier molecular flexibility index (Phi) is 7.70. The number of allylic oxidation sites excluding steroid dienone is 1. The Labute approximate surface area is 120 Å². The van der Waals surface area contributed by atoms with Gasteiger partial charge in [0.2, 0.25) is 0 Å². The second-order valence-corrected chi connectivity index (χ2v) is 6.49. The fourth-order valence-corrected chi connectivity index (χ4v) is 2.62. The van der Waals surface area contributed by atoms with Gasteiger partial charge >= 0.3 is 0 Å². The van der Waals surface area contributed by atoms with Crippen molar-refractivity contribution in [3.05, 3.63) is 11.6 Å². The molecule has 0 amide bonds. The van der Waals surface area contributed by atoms with E-state index in [2.05, 4.69) is 32.2 Å². The maximum atomic E-state index is 5.44. The van der Waals surface area contributed by atoms with Gasteiger partial charge in [0.05, 0.1) is 5.60 Å². The van der Waals surface area contributed by atoms with Gasteiger partial charge in [-0.2, -0.15) is 0 Å². The first-order valence-electron chi connectivity index (χ1n) is 7.88. The van der Waals surface area contributed by atoms with Crippen LogP contribution >= 0.6 is 0 Å². The van der Waals surface area contributed by atoms with Crippen LogP contribution in [0.15, 0.2) is 5.57 Å². The van der Waals surface area contributed by atoms with Crippen molar-refractivity contribution in [1.29, 1.82) is 0 Å². The van der Waals surface area contributed by atoms with Gasteiger partial charge < -0.3 is 10.1 Å². The molecule has 1 saturated carbocycles. The Bertz CT molecular complexity index is 264. The van der Waals surface area contributed by atoms with Crippen LogP contribution in [0.1, 0.15) is 72.1 Å². The molecule has 111 valence electrons. The Morgan fingerprint density at radius 1 is 1.26 bits per heavy atom. The summed E-state index contributed by atoms with van der Waals surface area (Å²) >= 11 is 0. The molecule has 0 spiro atoms. The van der Waals surface area contributed by atoms with Crippen LogP contribution in [-0.2, 0) is 4.74 Å².